The van der Waals surface area contributed by atoms with Gasteiger partial charge in [0.1, 0.15) is 5.82 Å². The van der Waals surface area contributed by atoms with Gasteiger partial charge in [-0.1, -0.05) is 17.7 Å². The Bertz CT molecular complexity index is 629. The monoisotopic (exact) mass is 326 g/mol. The molecule has 1 aromatic heterocycles. The van der Waals surface area contributed by atoms with E-state index >= 15 is 0 Å². The molecule has 0 fully saturated rings. The summed E-state index contributed by atoms with van der Waals surface area (Å²) in [5, 5.41) is 13.8. The van der Waals surface area contributed by atoms with E-state index in [4.69, 9.17) is 21.4 Å². The van der Waals surface area contributed by atoms with Crippen LogP contribution >= 0.6 is 11.6 Å². The second-order valence-electron chi connectivity index (χ2n) is 5.36. The highest BCUT2D eigenvalue weighted by atomic mass is 35.5. The first-order chi connectivity index (χ1) is 10.5. The first-order valence-corrected chi connectivity index (χ1v) is 7.65. The highest BCUT2D eigenvalue weighted by Gasteiger charge is 2.12. The molecule has 0 aliphatic heterocycles. The summed E-state index contributed by atoms with van der Waals surface area (Å²) in [5.41, 5.74) is 1.73. The number of aliphatic hydroxyl groups is 1. The molecule has 0 atom stereocenters. The summed E-state index contributed by atoms with van der Waals surface area (Å²) in [7, 11) is 0. The summed E-state index contributed by atoms with van der Waals surface area (Å²) in [4.78, 5) is 0. The predicted molar refractivity (Wildman–Crippen MR) is 83.9 cm³/mol. The van der Waals surface area contributed by atoms with Crippen LogP contribution in [0.25, 0.3) is 0 Å². The molecule has 0 unspecified atom stereocenters. The maximum Gasteiger partial charge on any atom is 0.233 e. The minimum atomic E-state index is -0.362. The molecule has 4 nitrogen and oxygen atoms in total. The Balaban J connectivity index is 2.24. The van der Waals surface area contributed by atoms with Crippen molar-refractivity contribution in [3.8, 4) is 5.88 Å². The van der Waals surface area contributed by atoms with Crippen LogP contribution in [0.5, 0.6) is 5.88 Å². The highest BCUT2D eigenvalue weighted by molar-refractivity contribution is 6.31. The number of hydrogen-bond donors (Lipinski definition) is 1. The van der Waals surface area contributed by atoms with E-state index in [-0.39, 0.29) is 18.5 Å². The maximum atomic E-state index is 13.1. The minimum absolute atomic E-state index is 0.0310. The lowest BCUT2D eigenvalue weighted by atomic mass is 10.2. The summed E-state index contributed by atoms with van der Waals surface area (Å²) >= 11 is 6.07. The van der Waals surface area contributed by atoms with Crippen LogP contribution in [0.15, 0.2) is 24.3 Å². The molecule has 0 radical (unpaired) electrons. The molecule has 1 N–H and O–H groups in total. The summed E-state index contributed by atoms with van der Waals surface area (Å²) in [6.45, 7) is 4.41. The molecule has 0 saturated carbocycles. The van der Waals surface area contributed by atoms with Crippen LogP contribution in [-0.4, -0.2) is 27.6 Å². The van der Waals surface area contributed by atoms with Crippen LogP contribution in [0.1, 0.15) is 31.5 Å². The topological polar surface area (TPSA) is 47.3 Å². The van der Waals surface area contributed by atoms with Gasteiger partial charge in [-0.2, -0.15) is 0 Å². The Morgan fingerprint density at radius 1 is 1.36 bits per heavy atom. The number of nitrogens with zero attached hydrogens (tertiary/aromatic N) is 2. The third-order valence-corrected chi connectivity index (χ3v) is 3.48. The Hall–Kier alpha value is -1.59. The van der Waals surface area contributed by atoms with Gasteiger partial charge in [0.2, 0.25) is 5.88 Å². The molecule has 0 spiro atoms. The first-order valence-electron chi connectivity index (χ1n) is 7.27. The van der Waals surface area contributed by atoms with E-state index in [9.17, 15) is 4.39 Å². The molecule has 22 heavy (non-hydrogen) atoms. The van der Waals surface area contributed by atoms with Crippen molar-refractivity contribution in [3.63, 3.8) is 0 Å². The fourth-order valence-corrected chi connectivity index (χ4v) is 2.36. The molecule has 2 aromatic rings. The Morgan fingerprint density at radius 3 is 2.77 bits per heavy atom. The van der Waals surface area contributed by atoms with Crippen molar-refractivity contribution in [1.29, 1.82) is 0 Å². The van der Waals surface area contributed by atoms with Crippen molar-refractivity contribution in [2.45, 2.75) is 39.3 Å². The normalized spacial score (nSPS) is 11.2. The molecule has 1 heterocycles. The summed E-state index contributed by atoms with van der Waals surface area (Å²) in [6, 6.07) is 6.19. The van der Waals surface area contributed by atoms with Gasteiger partial charge in [0.15, 0.2) is 0 Å². The first kappa shape index (κ1) is 16.8. The maximum absolute atomic E-state index is 13.1. The molecule has 2 rings (SSSR count). The van der Waals surface area contributed by atoms with Crippen LogP contribution in [-0.2, 0) is 13.0 Å². The van der Waals surface area contributed by atoms with Gasteiger partial charge < -0.3 is 9.84 Å². The average Bonchev–Trinajstić information content (AvgIpc) is 2.80. The molecule has 0 bridgehead atoms. The Labute approximate surface area is 134 Å². The second kappa shape index (κ2) is 7.61. The zero-order valence-corrected chi connectivity index (χ0v) is 13.5. The smallest absolute Gasteiger partial charge is 0.233 e. The van der Waals surface area contributed by atoms with E-state index in [0.29, 0.717) is 30.3 Å². The molecule has 0 saturated heterocycles. The number of hydrogen-bond acceptors (Lipinski definition) is 3. The number of aryl methyl sites for hydroxylation is 1. The van der Waals surface area contributed by atoms with Crippen molar-refractivity contribution < 1.29 is 14.2 Å². The van der Waals surface area contributed by atoms with Crippen molar-refractivity contribution in [1.82, 2.24) is 9.78 Å². The van der Waals surface area contributed by atoms with E-state index in [0.717, 1.165) is 11.3 Å². The van der Waals surface area contributed by atoms with E-state index in [2.05, 4.69) is 5.10 Å². The third kappa shape index (κ3) is 4.45. The van der Waals surface area contributed by atoms with E-state index in [1.54, 1.807) is 10.7 Å². The van der Waals surface area contributed by atoms with Crippen molar-refractivity contribution in [2.24, 2.45) is 0 Å². The van der Waals surface area contributed by atoms with Gasteiger partial charge >= 0.3 is 0 Å². The summed E-state index contributed by atoms with van der Waals surface area (Å²) in [5.74, 6) is 0.180. The number of benzene rings is 1. The van der Waals surface area contributed by atoms with Crippen molar-refractivity contribution in [3.05, 3.63) is 46.4 Å². The van der Waals surface area contributed by atoms with Gasteiger partial charge in [0, 0.05) is 23.4 Å². The van der Waals surface area contributed by atoms with Gasteiger partial charge in [-0.3, -0.25) is 4.68 Å². The zero-order chi connectivity index (χ0) is 16.1. The average molecular weight is 327 g/mol. The van der Waals surface area contributed by atoms with Gasteiger partial charge in [-0.25, -0.2) is 4.39 Å². The molecule has 1 aromatic carbocycles. The van der Waals surface area contributed by atoms with E-state index in [1.807, 2.05) is 19.9 Å². The van der Waals surface area contributed by atoms with Crippen molar-refractivity contribution in [2.75, 3.05) is 6.61 Å². The SMILES string of the molecule is CC(C)Oc1cc(CCCO)n(Cc2ccc(F)cc2Cl)n1. The van der Waals surface area contributed by atoms with Gasteiger partial charge in [0.25, 0.3) is 0 Å². The molecular weight excluding hydrogens is 307 g/mol. The Kier molecular flexibility index (Phi) is 5.80. The number of rotatable bonds is 7. The van der Waals surface area contributed by atoms with E-state index in [1.165, 1.54) is 12.1 Å². The van der Waals surface area contributed by atoms with Crippen molar-refractivity contribution >= 4 is 11.6 Å². The highest BCUT2D eigenvalue weighted by Crippen LogP contribution is 2.21. The molecule has 0 aliphatic rings. The van der Waals surface area contributed by atoms with Gasteiger partial charge in [-0.05, 0) is 44.4 Å². The number of halogens is 2. The van der Waals surface area contributed by atoms with Crippen LogP contribution in [0.4, 0.5) is 4.39 Å². The number of aliphatic hydroxyl groups excluding tert-OH is 1. The molecule has 6 heteroatoms. The lowest BCUT2D eigenvalue weighted by molar-refractivity contribution is 0.230. The number of ether oxygens (including phenoxy) is 1. The fourth-order valence-electron chi connectivity index (χ4n) is 2.14. The second-order valence-corrected chi connectivity index (χ2v) is 5.77. The predicted octanol–water partition coefficient (Wildman–Crippen LogP) is 3.44. The largest absolute Gasteiger partial charge is 0.474 e. The lowest BCUT2D eigenvalue weighted by Gasteiger charge is -2.09. The molecular formula is C16H20ClFN2O2. The molecule has 0 amide bonds. The van der Waals surface area contributed by atoms with Gasteiger partial charge in [0.05, 0.1) is 12.6 Å². The standard InChI is InChI=1S/C16H20ClFN2O2/c1-11(2)22-16-9-14(4-3-7-21)20(19-16)10-12-5-6-13(18)8-15(12)17/h5-6,8-9,11,21H,3-4,7,10H2,1-2H3. The van der Waals surface area contributed by atoms with Crippen LogP contribution < -0.4 is 4.74 Å². The number of aromatic nitrogens is 2. The molecule has 120 valence electrons. The third-order valence-electron chi connectivity index (χ3n) is 3.12. The van der Waals surface area contributed by atoms with Crippen LogP contribution in [0.2, 0.25) is 5.02 Å². The van der Waals surface area contributed by atoms with Crippen LogP contribution in [0, 0.1) is 5.82 Å². The van der Waals surface area contributed by atoms with Crippen LogP contribution in [0.3, 0.4) is 0 Å². The van der Waals surface area contributed by atoms with E-state index < -0.39 is 0 Å². The zero-order valence-electron chi connectivity index (χ0n) is 12.7. The molecule has 0 aliphatic carbocycles. The fraction of sp³-hybridized carbons (Fsp3) is 0.438. The minimum Gasteiger partial charge on any atom is -0.474 e. The summed E-state index contributed by atoms with van der Waals surface area (Å²) < 4.78 is 20.5. The quantitative estimate of drug-likeness (QED) is 0.848. The Morgan fingerprint density at radius 2 is 2.14 bits per heavy atom. The summed E-state index contributed by atoms with van der Waals surface area (Å²) in [6.07, 6.45) is 1.36. The lowest BCUT2D eigenvalue weighted by Crippen LogP contribution is -2.09. The van der Waals surface area contributed by atoms with Gasteiger partial charge in [-0.15, -0.1) is 5.10 Å².